The topological polar surface area (TPSA) is 0 Å². The molecule has 3 heterocycles. The second-order valence-electron chi connectivity index (χ2n) is 6.47. The standard InChI is InChI=1S/C20H19P2/c1-3-7-16(8-4-1)21-17-11-12-19(21)20-13-14-22(20,15-17)18-9-5-2-6-10-18/h1-14,17,19-20H,15H2/q+1. The minimum atomic E-state index is -1.06. The van der Waals surface area contributed by atoms with Gasteiger partial charge in [-0.15, -0.1) is 0 Å². The zero-order chi connectivity index (χ0) is 14.6. The molecular formula is C20H19P2+. The molecule has 0 spiro atoms. The van der Waals surface area contributed by atoms with Crippen molar-refractivity contribution in [2.24, 2.45) is 0 Å². The molecule has 1 fully saturated rings. The van der Waals surface area contributed by atoms with Crippen molar-refractivity contribution < 1.29 is 0 Å². The van der Waals surface area contributed by atoms with Crippen LogP contribution in [-0.4, -0.2) is 23.1 Å². The first-order chi connectivity index (χ1) is 10.9. The lowest BCUT2D eigenvalue weighted by Gasteiger charge is -2.47. The van der Waals surface area contributed by atoms with E-state index in [1.807, 2.05) is 0 Å². The fourth-order valence-electron chi connectivity index (χ4n) is 4.38. The van der Waals surface area contributed by atoms with Gasteiger partial charge in [0, 0.05) is 11.3 Å². The number of rotatable bonds is 2. The van der Waals surface area contributed by atoms with Gasteiger partial charge in [-0.05, 0) is 23.5 Å². The Kier molecular flexibility index (Phi) is 2.94. The molecule has 0 saturated carbocycles. The van der Waals surface area contributed by atoms with Crippen molar-refractivity contribution in [3.63, 3.8) is 0 Å². The van der Waals surface area contributed by atoms with E-state index in [1.165, 1.54) is 6.16 Å². The molecule has 3 aliphatic heterocycles. The van der Waals surface area contributed by atoms with Crippen molar-refractivity contribution in [1.29, 1.82) is 0 Å². The third-order valence-corrected chi connectivity index (χ3v) is 13.6. The monoisotopic (exact) mass is 321 g/mol. The Morgan fingerprint density at radius 1 is 0.818 bits per heavy atom. The van der Waals surface area contributed by atoms with E-state index in [4.69, 9.17) is 0 Å². The van der Waals surface area contributed by atoms with E-state index < -0.39 is 7.26 Å². The SMILES string of the molecule is C1=CC2C3C=C[P+]3(c3ccccc3)CC1P2c1ccccc1. The highest BCUT2D eigenvalue weighted by molar-refractivity contribution is 7.90. The van der Waals surface area contributed by atoms with E-state index >= 15 is 0 Å². The fraction of sp³-hybridized carbons (Fsp3) is 0.200. The highest BCUT2D eigenvalue weighted by Crippen LogP contribution is 2.80. The summed E-state index contributed by atoms with van der Waals surface area (Å²) in [6, 6.07) is 22.6. The molecule has 2 aromatic rings. The van der Waals surface area contributed by atoms with Crippen molar-refractivity contribution >= 4 is 25.8 Å². The average molecular weight is 321 g/mol. The highest BCUT2D eigenvalue weighted by atomic mass is 31.2. The molecule has 22 heavy (non-hydrogen) atoms. The summed E-state index contributed by atoms with van der Waals surface area (Å²) in [7, 11) is -1.11. The normalized spacial score (nSPS) is 37.6. The van der Waals surface area contributed by atoms with Crippen LogP contribution >= 0.6 is 15.2 Å². The van der Waals surface area contributed by atoms with E-state index in [1.54, 1.807) is 10.6 Å². The zero-order valence-electron chi connectivity index (χ0n) is 12.4. The summed E-state index contributed by atoms with van der Waals surface area (Å²) in [6.45, 7) is 0. The van der Waals surface area contributed by atoms with Crippen LogP contribution in [0, 0.1) is 0 Å². The Hall–Kier alpha value is -1.22. The van der Waals surface area contributed by atoms with E-state index in [0.717, 1.165) is 17.0 Å². The molecule has 108 valence electrons. The quantitative estimate of drug-likeness (QED) is 0.570. The van der Waals surface area contributed by atoms with Gasteiger partial charge in [-0.2, -0.15) is 0 Å². The fourth-order valence-corrected chi connectivity index (χ4v) is 13.7. The number of allylic oxidation sites excluding steroid dienone is 3. The summed E-state index contributed by atoms with van der Waals surface area (Å²) < 4.78 is 0. The Bertz CT molecular complexity index is 750. The van der Waals surface area contributed by atoms with Crippen LogP contribution in [0.3, 0.4) is 0 Å². The predicted molar refractivity (Wildman–Crippen MR) is 101 cm³/mol. The maximum Gasteiger partial charge on any atom is 0.110 e. The Morgan fingerprint density at radius 2 is 1.55 bits per heavy atom. The van der Waals surface area contributed by atoms with Crippen molar-refractivity contribution in [3.05, 3.63) is 84.7 Å². The van der Waals surface area contributed by atoms with Gasteiger partial charge >= 0.3 is 0 Å². The van der Waals surface area contributed by atoms with Crippen LogP contribution in [0.4, 0.5) is 0 Å². The molecule has 1 saturated heterocycles. The first-order valence-corrected chi connectivity index (χ1v) is 11.6. The molecular weight excluding hydrogens is 302 g/mol. The van der Waals surface area contributed by atoms with Crippen LogP contribution in [0.5, 0.6) is 0 Å². The van der Waals surface area contributed by atoms with Gasteiger partial charge in [-0.3, -0.25) is 0 Å². The minimum Gasteiger partial charge on any atom is -0.0764 e. The van der Waals surface area contributed by atoms with Crippen LogP contribution in [0.2, 0.25) is 0 Å². The molecule has 0 N–H and O–H groups in total. The molecule has 0 aliphatic carbocycles. The van der Waals surface area contributed by atoms with Crippen LogP contribution in [-0.2, 0) is 0 Å². The van der Waals surface area contributed by atoms with Gasteiger partial charge in [-0.25, -0.2) is 0 Å². The van der Waals surface area contributed by atoms with Gasteiger partial charge in [0.25, 0.3) is 0 Å². The summed E-state index contributed by atoms with van der Waals surface area (Å²) in [5.74, 6) is 2.59. The van der Waals surface area contributed by atoms with Crippen molar-refractivity contribution in [2.75, 3.05) is 6.16 Å². The number of benzene rings is 2. The summed E-state index contributed by atoms with van der Waals surface area (Å²) in [4.78, 5) is 0. The van der Waals surface area contributed by atoms with Gasteiger partial charge in [0.1, 0.15) is 5.66 Å². The lowest BCUT2D eigenvalue weighted by molar-refractivity contribution is 1.02. The zero-order valence-corrected chi connectivity index (χ0v) is 14.2. The van der Waals surface area contributed by atoms with Crippen LogP contribution in [0.15, 0.2) is 84.7 Å². The number of hydrogen-bond donors (Lipinski definition) is 0. The first kappa shape index (κ1) is 13.2. The largest absolute Gasteiger partial charge is 0.110 e. The molecule has 0 amide bonds. The van der Waals surface area contributed by atoms with E-state index in [2.05, 4.69) is 84.7 Å². The summed E-state index contributed by atoms with van der Waals surface area (Å²) in [5.41, 5.74) is 2.36. The summed E-state index contributed by atoms with van der Waals surface area (Å²) in [6.07, 6.45) is 9.03. The maximum absolute atomic E-state index is 2.59. The minimum absolute atomic E-state index is 0.0497. The lowest BCUT2D eigenvalue weighted by Crippen LogP contribution is -2.42. The van der Waals surface area contributed by atoms with Gasteiger partial charge < -0.3 is 0 Å². The molecule has 0 radical (unpaired) electrons. The Balaban J connectivity index is 1.56. The molecule has 0 aromatic heterocycles. The molecule has 2 aromatic carbocycles. The molecule has 5 atom stereocenters. The molecule has 2 heteroatoms. The van der Waals surface area contributed by atoms with Crippen LogP contribution in [0.25, 0.3) is 0 Å². The second-order valence-corrected chi connectivity index (χ2v) is 12.7. The van der Waals surface area contributed by atoms with E-state index in [0.29, 0.717) is 0 Å². The van der Waals surface area contributed by atoms with Crippen molar-refractivity contribution in [1.82, 2.24) is 0 Å². The Labute approximate surface area is 134 Å². The lowest BCUT2D eigenvalue weighted by atomic mass is 10.2. The molecule has 3 aliphatic rings. The predicted octanol–water partition coefficient (Wildman–Crippen LogP) is 4.35. The number of fused-ring (bicyclic) bond motifs is 4. The second kappa shape index (κ2) is 4.89. The molecule has 5 unspecified atom stereocenters. The number of hydrogen-bond acceptors (Lipinski definition) is 0. The highest BCUT2D eigenvalue weighted by Gasteiger charge is 2.62. The molecule has 0 nitrogen and oxygen atoms in total. The third-order valence-electron chi connectivity index (χ3n) is 5.42. The Morgan fingerprint density at radius 3 is 2.23 bits per heavy atom. The van der Waals surface area contributed by atoms with E-state index in [-0.39, 0.29) is 7.92 Å². The first-order valence-electron chi connectivity index (χ1n) is 8.03. The van der Waals surface area contributed by atoms with Gasteiger partial charge in [0.15, 0.2) is 0 Å². The summed E-state index contributed by atoms with van der Waals surface area (Å²) >= 11 is 0. The molecule has 2 bridgehead atoms. The van der Waals surface area contributed by atoms with Gasteiger partial charge in [-0.1, -0.05) is 68.6 Å². The van der Waals surface area contributed by atoms with Crippen LogP contribution < -0.4 is 10.6 Å². The van der Waals surface area contributed by atoms with Gasteiger partial charge in [0.2, 0.25) is 0 Å². The smallest absolute Gasteiger partial charge is 0.0764 e. The van der Waals surface area contributed by atoms with E-state index in [9.17, 15) is 0 Å². The van der Waals surface area contributed by atoms with Crippen molar-refractivity contribution in [3.8, 4) is 0 Å². The molecule has 5 rings (SSSR count). The maximum atomic E-state index is 2.59. The summed E-state index contributed by atoms with van der Waals surface area (Å²) in [5, 5.41) is 3.23. The van der Waals surface area contributed by atoms with Gasteiger partial charge in [0.05, 0.1) is 24.5 Å². The van der Waals surface area contributed by atoms with Crippen molar-refractivity contribution in [2.45, 2.75) is 17.0 Å². The third kappa shape index (κ3) is 1.72. The average Bonchev–Trinajstić information content (AvgIpc) is 2.91. The van der Waals surface area contributed by atoms with Crippen LogP contribution in [0.1, 0.15) is 0 Å².